The topological polar surface area (TPSA) is 12.0 Å². The van der Waals surface area contributed by atoms with E-state index in [1.54, 1.807) is 11.1 Å². The first-order chi connectivity index (χ1) is 10.4. The summed E-state index contributed by atoms with van der Waals surface area (Å²) in [6.07, 6.45) is 8.97. The number of hydrogen-bond acceptors (Lipinski definition) is 1. The van der Waals surface area contributed by atoms with Crippen molar-refractivity contribution in [2.24, 2.45) is 0 Å². The second-order valence-electron chi connectivity index (χ2n) is 6.44. The third kappa shape index (κ3) is 2.46. The molecule has 1 atom stereocenters. The quantitative estimate of drug-likeness (QED) is 0.809. The van der Waals surface area contributed by atoms with Gasteiger partial charge in [0.15, 0.2) is 0 Å². The second kappa shape index (κ2) is 5.55. The van der Waals surface area contributed by atoms with Crippen LogP contribution in [0.4, 0.5) is 5.69 Å². The molecule has 1 N–H and O–H groups in total. The van der Waals surface area contributed by atoms with E-state index in [9.17, 15) is 0 Å². The molecule has 0 bridgehead atoms. The molecule has 108 valence electrons. The van der Waals surface area contributed by atoms with Gasteiger partial charge in [0.25, 0.3) is 0 Å². The molecule has 0 saturated carbocycles. The standard InChI is InChI=1S/C20H23N/c1-3-11-17-15(7-1)9-5-13-19(17)21-20-14-6-10-16-8-2-4-12-18(16)20/h1,3,6-7,10-11,14,19,21H,2,4-5,8-9,12-13H2. The van der Waals surface area contributed by atoms with Crippen LogP contribution in [-0.2, 0) is 19.3 Å². The van der Waals surface area contributed by atoms with Gasteiger partial charge in [0.1, 0.15) is 0 Å². The molecule has 0 radical (unpaired) electrons. The fourth-order valence-corrected chi connectivity index (χ4v) is 4.01. The minimum Gasteiger partial charge on any atom is -0.378 e. The molecule has 0 aliphatic heterocycles. The van der Waals surface area contributed by atoms with E-state index in [-0.39, 0.29) is 0 Å². The lowest BCUT2D eigenvalue weighted by molar-refractivity contribution is 0.598. The van der Waals surface area contributed by atoms with Gasteiger partial charge in [-0.3, -0.25) is 0 Å². The van der Waals surface area contributed by atoms with Crippen LogP contribution in [0.5, 0.6) is 0 Å². The first-order valence-electron chi connectivity index (χ1n) is 8.37. The van der Waals surface area contributed by atoms with Gasteiger partial charge in [-0.1, -0.05) is 36.4 Å². The van der Waals surface area contributed by atoms with Crippen LogP contribution in [0.3, 0.4) is 0 Å². The van der Waals surface area contributed by atoms with Crippen LogP contribution in [-0.4, -0.2) is 0 Å². The van der Waals surface area contributed by atoms with E-state index in [0.29, 0.717) is 6.04 Å². The Morgan fingerprint density at radius 1 is 0.762 bits per heavy atom. The predicted octanol–water partition coefficient (Wildman–Crippen LogP) is 5.05. The molecular weight excluding hydrogens is 254 g/mol. The van der Waals surface area contributed by atoms with Crippen LogP contribution in [0.25, 0.3) is 0 Å². The van der Waals surface area contributed by atoms with E-state index in [0.717, 1.165) is 0 Å². The fourth-order valence-electron chi connectivity index (χ4n) is 4.01. The smallest absolute Gasteiger partial charge is 0.0516 e. The van der Waals surface area contributed by atoms with Gasteiger partial charge in [-0.2, -0.15) is 0 Å². The number of rotatable bonds is 2. The first kappa shape index (κ1) is 12.9. The minimum absolute atomic E-state index is 0.489. The van der Waals surface area contributed by atoms with Crippen molar-refractivity contribution < 1.29 is 0 Å². The third-order valence-corrected chi connectivity index (χ3v) is 5.10. The van der Waals surface area contributed by atoms with Crippen molar-refractivity contribution in [3.63, 3.8) is 0 Å². The molecule has 2 aromatic rings. The second-order valence-corrected chi connectivity index (χ2v) is 6.44. The molecule has 21 heavy (non-hydrogen) atoms. The van der Waals surface area contributed by atoms with Gasteiger partial charge in [0.05, 0.1) is 6.04 Å². The summed E-state index contributed by atoms with van der Waals surface area (Å²) in [5.41, 5.74) is 7.57. The van der Waals surface area contributed by atoms with Crippen molar-refractivity contribution in [3.8, 4) is 0 Å². The van der Waals surface area contributed by atoms with Crippen LogP contribution in [0.1, 0.15) is 54.0 Å². The van der Waals surface area contributed by atoms with E-state index < -0.39 is 0 Å². The summed E-state index contributed by atoms with van der Waals surface area (Å²) in [5, 5.41) is 3.87. The van der Waals surface area contributed by atoms with Crippen LogP contribution in [0, 0.1) is 0 Å². The van der Waals surface area contributed by atoms with Gasteiger partial charge in [0.2, 0.25) is 0 Å². The molecule has 1 unspecified atom stereocenters. The maximum Gasteiger partial charge on any atom is 0.0516 e. The average molecular weight is 277 g/mol. The number of hydrogen-bond donors (Lipinski definition) is 1. The highest BCUT2D eigenvalue weighted by atomic mass is 14.9. The first-order valence-corrected chi connectivity index (χ1v) is 8.37. The molecule has 2 aliphatic carbocycles. The van der Waals surface area contributed by atoms with Crippen molar-refractivity contribution in [2.45, 2.75) is 51.0 Å². The summed E-state index contributed by atoms with van der Waals surface area (Å²) in [6, 6.07) is 16.3. The molecule has 1 nitrogen and oxygen atoms in total. The summed E-state index contributed by atoms with van der Waals surface area (Å²) in [4.78, 5) is 0. The zero-order chi connectivity index (χ0) is 14.1. The summed E-state index contributed by atoms with van der Waals surface area (Å²) >= 11 is 0. The SMILES string of the molecule is c1ccc2c(c1)CCCC2Nc1cccc2c1CCCC2. The Kier molecular flexibility index (Phi) is 3.42. The highest BCUT2D eigenvalue weighted by molar-refractivity contribution is 5.57. The van der Waals surface area contributed by atoms with E-state index in [2.05, 4.69) is 47.8 Å². The van der Waals surface area contributed by atoms with Crippen molar-refractivity contribution in [2.75, 3.05) is 5.32 Å². The Labute approximate surface area is 127 Å². The monoisotopic (exact) mass is 277 g/mol. The number of fused-ring (bicyclic) bond motifs is 2. The molecule has 0 heterocycles. The van der Waals surface area contributed by atoms with Gasteiger partial charge in [-0.05, 0) is 73.3 Å². The van der Waals surface area contributed by atoms with Crippen molar-refractivity contribution in [1.29, 1.82) is 0 Å². The van der Waals surface area contributed by atoms with Crippen LogP contribution >= 0.6 is 0 Å². The summed E-state index contributed by atoms with van der Waals surface area (Å²) in [5.74, 6) is 0. The highest BCUT2D eigenvalue weighted by Crippen LogP contribution is 2.35. The van der Waals surface area contributed by atoms with Crippen LogP contribution in [0.15, 0.2) is 42.5 Å². The number of anilines is 1. The Bertz CT molecular complexity index is 644. The van der Waals surface area contributed by atoms with Crippen molar-refractivity contribution >= 4 is 5.69 Å². The summed E-state index contributed by atoms with van der Waals surface area (Å²) in [7, 11) is 0. The van der Waals surface area contributed by atoms with Crippen LogP contribution in [0.2, 0.25) is 0 Å². The largest absolute Gasteiger partial charge is 0.378 e. The zero-order valence-corrected chi connectivity index (χ0v) is 12.6. The van der Waals surface area contributed by atoms with E-state index in [1.807, 2.05) is 0 Å². The Morgan fingerprint density at radius 2 is 1.57 bits per heavy atom. The molecule has 0 fully saturated rings. The predicted molar refractivity (Wildman–Crippen MR) is 88.8 cm³/mol. The number of aryl methyl sites for hydroxylation is 2. The van der Waals surface area contributed by atoms with Gasteiger partial charge in [-0.25, -0.2) is 0 Å². The number of nitrogens with one attached hydrogen (secondary N) is 1. The Balaban J connectivity index is 1.66. The molecule has 0 amide bonds. The molecule has 2 aliphatic rings. The summed E-state index contributed by atoms with van der Waals surface area (Å²) < 4.78 is 0. The molecule has 0 saturated heterocycles. The Hall–Kier alpha value is -1.76. The normalized spacial score (nSPS) is 20.5. The molecule has 0 aromatic heterocycles. The van der Waals surface area contributed by atoms with E-state index in [1.165, 1.54) is 61.8 Å². The molecular formula is C20H23N. The van der Waals surface area contributed by atoms with E-state index in [4.69, 9.17) is 0 Å². The van der Waals surface area contributed by atoms with Crippen molar-refractivity contribution in [1.82, 2.24) is 0 Å². The molecule has 0 spiro atoms. The maximum absolute atomic E-state index is 3.87. The third-order valence-electron chi connectivity index (χ3n) is 5.10. The van der Waals surface area contributed by atoms with E-state index >= 15 is 0 Å². The maximum atomic E-state index is 3.87. The minimum atomic E-state index is 0.489. The van der Waals surface area contributed by atoms with Crippen molar-refractivity contribution in [3.05, 3.63) is 64.7 Å². The zero-order valence-electron chi connectivity index (χ0n) is 12.6. The highest BCUT2D eigenvalue weighted by Gasteiger charge is 2.21. The fraction of sp³-hybridized carbons (Fsp3) is 0.400. The lowest BCUT2D eigenvalue weighted by Crippen LogP contribution is -2.19. The van der Waals surface area contributed by atoms with Gasteiger partial charge in [-0.15, -0.1) is 0 Å². The lowest BCUT2D eigenvalue weighted by Gasteiger charge is -2.29. The summed E-state index contributed by atoms with van der Waals surface area (Å²) in [6.45, 7) is 0. The Morgan fingerprint density at radius 3 is 2.57 bits per heavy atom. The lowest BCUT2D eigenvalue weighted by atomic mass is 9.86. The molecule has 1 heteroatoms. The average Bonchev–Trinajstić information content (AvgIpc) is 2.56. The van der Waals surface area contributed by atoms with Crippen LogP contribution < -0.4 is 5.32 Å². The van der Waals surface area contributed by atoms with Gasteiger partial charge < -0.3 is 5.32 Å². The molecule has 4 rings (SSSR count). The van der Waals surface area contributed by atoms with Gasteiger partial charge in [0, 0.05) is 5.69 Å². The van der Waals surface area contributed by atoms with Gasteiger partial charge >= 0.3 is 0 Å². The molecule has 2 aromatic carbocycles. The number of benzene rings is 2.